The maximum absolute atomic E-state index is 5.30. The Kier molecular flexibility index (Phi) is 4.73. The van der Waals surface area contributed by atoms with Crippen molar-refractivity contribution in [2.45, 2.75) is 17.3 Å². The molecule has 104 valence electrons. The highest BCUT2D eigenvalue weighted by Crippen LogP contribution is 2.29. The summed E-state index contributed by atoms with van der Waals surface area (Å²) in [5.41, 5.74) is 1.12. The highest BCUT2D eigenvalue weighted by molar-refractivity contribution is 8.01. The number of hydrogen-bond acceptors (Lipinski definition) is 4. The van der Waals surface area contributed by atoms with Crippen LogP contribution in [0.4, 0.5) is 0 Å². The Morgan fingerprint density at radius 1 is 1.20 bits per heavy atom. The van der Waals surface area contributed by atoms with Gasteiger partial charge in [-0.05, 0) is 24.3 Å². The molecule has 20 heavy (non-hydrogen) atoms. The molecule has 3 rings (SSSR count). The molecule has 0 bridgehead atoms. The van der Waals surface area contributed by atoms with Crippen LogP contribution in [0.3, 0.4) is 0 Å². The van der Waals surface area contributed by atoms with Gasteiger partial charge < -0.3 is 9.73 Å². The SMILES string of the molecule is c1coc(C[NH2+]CCCSc2nc3ccccc3s2)c1. The van der Waals surface area contributed by atoms with E-state index in [2.05, 4.69) is 28.5 Å². The lowest BCUT2D eigenvalue weighted by Gasteiger charge is -1.99. The molecule has 0 fully saturated rings. The van der Waals surface area contributed by atoms with E-state index < -0.39 is 0 Å². The summed E-state index contributed by atoms with van der Waals surface area (Å²) in [5, 5.41) is 2.29. The molecule has 2 N–H and O–H groups in total. The van der Waals surface area contributed by atoms with Gasteiger partial charge in [0.25, 0.3) is 0 Å². The third-order valence-corrected chi connectivity index (χ3v) is 5.24. The fourth-order valence-electron chi connectivity index (χ4n) is 1.97. The van der Waals surface area contributed by atoms with E-state index in [1.165, 1.54) is 15.5 Å². The molecular weight excluding hydrogens is 288 g/mol. The Balaban J connectivity index is 1.37. The first-order valence-corrected chi connectivity index (χ1v) is 8.54. The molecule has 3 nitrogen and oxygen atoms in total. The number of nitrogens with two attached hydrogens (primary N) is 1. The van der Waals surface area contributed by atoms with Crippen molar-refractivity contribution in [2.75, 3.05) is 12.3 Å². The first-order chi connectivity index (χ1) is 9.92. The average molecular weight is 305 g/mol. The largest absolute Gasteiger partial charge is 0.463 e. The maximum Gasteiger partial charge on any atom is 0.157 e. The summed E-state index contributed by atoms with van der Waals surface area (Å²) in [7, 11) is 0. The number of rotatable bonds is 7. The van der Waals surface area contributed by atoms with E-state index in [1.807, 2.05) is 30.0 Å². The number of nitrogens with zero attached hydrogens (tertiary/aromatic N) is 1. The Morgan fingerprint density at radius 2 is 2.15 bits per heavy atom. The summed E-state index contributed by atoms with van der Waals surface area (Å²) in [6, 6.07) is 12.3. The second-order valence-corrected chi connectivity index (χ2v) is 6.88. The summed E-state index contributed by atoms with van der Waals surface area (Å²) in [4.78, 5) is 4.63. The fraction of sp³-hybridized carbons (Fsp3) is 0.267. The van der Waals surface area contributed by atoms with Gasteiger partial charge in [-0.1, -0.05) is 23.9 Å². The number of furan rings is 1. The molecule has 0 saturated carbocycles. The van der Waals surface area contributed by atoms with Crippen molar-refractivity contribution in [1.82, 2.24) is 4.98 Å². The lowest BCUT2D eigenvalue weighted by molar-refractivity contribution is -0.672. The van der Waals surface area contributed by atoms with Crippen molar-refractivity contribution >= 4 is 33.3 Å². The Labute approximate surface area is 126 Å². The van der Waals surface area contributed by atoms with Crippen molar-refractivity contribution in [2.24, 2.45) is 0 Å². The Hall–Kier alpha value is -1.30. The second-order valence-electron chi connectivity index (χ2n) is 4.51. The van der Waals surface area contributed by atoms with E-state index in [0.29, 0.717) is 0 Å². The summed E-state index contributed by atoms with van der Waals surface area (Å²) >= 11 is 3.64. The summed E-state index contributed by atoms with van der Waals surface area (Å²) in [6.07, 6.45) is 2.91. The molecule has 0 aliphatic rings. The van der Waals surface area contributed by atoms with Crippen LogP contribution in [0.5, 0.6) is 0 Å². The highest BCUT2D eigenvalue weighted by Gasteiger charge is 2.03. The molecule has 5 heteroatoms. The minimum Gasteiger partial charge on any atom is -0.463 e. The lowest BCUT2D eigenvalue weighted by Crippen LogP contribution is -2.82. The zero-order valence-electron chi connectivity index (χ0n) is 11.1. The van der Waals surface area contributed by atoms with Crippen molar-refractivity contribution in [1.29, 1.82) is 0 Å². The van der Waals surface area contributed by atoms with E-state index in [0.717, 1.165) is 30.1 Å². The van der Waals surface area contributed by atoms with Crippen LogP contribution in [0.25, 0.3) is 10.2 Å². The normalized spacial score (nSPS) is 11.2. The number of aromatic nitrogens is 1. The Morgan fingerprint density at radius 3 is 3.00 bits per heavy atom. The molecule has 0 saturated heterocycles. The molecule has 0 unspecified atom stereocenters. The molecular formula is C15H17N2OS2+. The standard InChI is InChI=1S/C15H16N2OS2/c1-2-7-14-13(6-1)17-15(20-14)19-10-4-8-16-11-12-5-3-9-18-12/h1-3,5-7,9,16H,4,8,10-11H2/p+1. The Bertz CT molecular complexity index is 616. The minimum absolute atomic E-state index is 0.929. The monoisotopic (exact) mass is 305 g/mol. The van der Waals surface area contributed by atoms with Crippen molar-refractivity contribution in [3.8, 4) is 0 Å². The van der Waals surface area contributed by atoms with E-state index in [4.69, 9.17) is 4.42 Å². The third-order valence-electron chi connectivity index (χ3n) is 2.98. The van der Waals surface area contributed by atoms with Crippen LogP contribution in [0.2, 0.25) is 0 Å². The minimum atomic E-state index is 0.929. The molecule has 3 aromatic rings. The van der Waals surface area contributed by atoms with Gasteiger partial charge in [-0.2, -0.15) is 0 Å². The first kappa shape index (κ1) is 13.7. The molecule has 0 radical (unpaired) electrons. The molecule has 2 heterocycles. The van der Waals surface area contributed by atoms with E-state index >= 15 is 0 Å². The predicted molar refractivity (Wildman–Crippen MR) is 84.2 cm³/mol. The van der Waals surface area contributed by atoms with Crippen LogP contribution in [0.15, 0.2) is 51.4 Å². The molecule has 2 aromatic heterocycles. The highest BCUT2D eigenvalue weighted by atomic mass is 32.2. The molecule has 0 spiro atoms. The molecule has 0 aliphatic carbocycles. The number of hydrogen-bond donors (Lipinski definition) is 1. The average Bonchev–Trinajstić information content (AvgIpc) is 3.11. The number of fused-ring (bicyclic) bond motifs is 1. The van der Waals surface area contributed by atoms with Gasteiger partial charge in [0.2, 0.25) is 0 Å². The van der Waals surface area contributed by atoms with Gasteiger partial charge in [0.15, 0.2) is 10.1 Å². The van der Waals surface area contributed by atoms with Crippen molar-refractivity contribution in [3.05, 3.63) is 48.4 Å². The van der Waals surface area contributed by atoms with E-state index in [1.54, 1.807) is 17.6 Å². The number of para-hydroxylation sites is 1. The van der Waals surface area contributed by atoms with Crippen LogP contribution in [0, 0.1) is 0 Å². The molecule has 0 aliphatic heterocycles. The summed E-state index contributed by atoms with van der Waals surface area (Å²) in [6.45, 7) is 2.05. The number of quaternary nitrogens is 1. The van der Waals surface area contributed by atoms with Crippen LogP contribution < -0.4 is 5.32 Å². The first-order valence-electron chi connectivity index (χ1n) is 6.74. The van der Waals surface area contributed by atoms with Crippen LogP contribution in [-0.2, 0) is 6.54 Å². The molecule has 1 aromatic carbocycles. The van der Waals surface area contributed by atoms with Gasteiger partial charge in [-0.15, -0.1) is 11.3 Å². The van der Waals surface area contributed by atoms with Gasteiger partial charge in [-0.25, -0.2) is 4.98 Å². The van der Waals surface area contributed by atoms with Crippen LogP contribution in [-0.4, -0.2) is 17.3 Å². The van der Waals surface area contributed by atoms with Crippen LogP contribution >= 0.6 is 23.1 Å². The smallest absolute Gasteiger partial charge is 0.157 e. The maximum atomic E-state index is 5.30. The van der Waals surface area contributed by atoms with Crippen LogP contribution in [0.1, 0.15) is 12.2 Å². The van der Waals surface area contributed by atoms with Crippen molar-refractivity contribution < 1.29 is 9.73 Å². The van der Waals surface area contributed by atoms with Gasteiger partial charge in [0, 0.05) is 12.2 Å². The van der Waals surface area contributed by atoms with Gasteiger partial charge >= 0.3 is 0 Å². The summed E-state index contributed by atoms with van der Waals surface area (Å²) in [5.74, 6) is 2.16. The molecule has 0 amide bonds. The topological polar surface area (TPSA) is 42.6 Å². The zero-order chi connectivity index (χ0) is 13.6. The third kappa shape index (κ3) is 3.62. The number of thiazole rings is 1. The van der Waals surface area contributed by atoms with Gasteiger partial charge in [-0.3, -0.25) is 0 Å². The number of thioether (sulfide) groups is 1. The van der Waals surface area contributed by atoms with Gasteiger partial charge in [0.05, 0.1) is 23.0 Å². The van der Waals surface area contributed by atoms with Crippen molar-refractivity contribution in [3.63, 3.8) is 0 Å². The zero-order valence-corrected chi connectivity index (χ0v) is 12.8. The molecule has 0 atom stereocenters. The number of benzene rings is 1. The lowest BCUT2D eigenvalue weighted by atomic mass is 10.3. The predicted octanol–water partition coefficient (Wildman–Crippen LogP) is 3.14. The fourth-order valence-corrected chi connectivity index (χ4v) is 4.07. The van der Waals surface area contributed by atoms with Gasteiger partial charge in [0.1, 0.15) is 6.54 Å². The summed E-state index contributed by atoms with van der Waals surface area (Å²) < 4.78 is 7.75. The van der Waals surface area contributed by atoms with E-state index in [9.17, 15) is 0 Å². The quantitative estimate of drug-likeness (QED) is 0.539. The second kappa shape index (κ2) is 6.92. The van der Waals surface area contributed by atoms with E-state index in [-0.39, 0.29) is 0 Å².